The standard InChI is InChI=1S/C13H21N3S/c1-9-6-10(8-17-9)15-12-4-3-5-13-11(12)7-14-16(13)2/h7,9-10,12,15H,3-6,8H2,1-2H3. The highest BCUT2D eigenvalue weighted by molar-refractivity contribution is 8.00. The minimum Gasteiger partial charge on any atom is -0.306 e. The van der Waals surface area contributed by atoms with Crippen LogP contribution in [-0.2, 0) is 13.5 Å². The van der Waals surface area contributed by atoms with Gasteiger partial charge in [-0.2, -0.15) is 16.9 Å². The number of nitrogens with zero attached hydrogens (tertiary/aromatic N) is 2. The average molecular weight is 251 g/mol. The summed E-state index contributed by atoms with van der Waals surface area (Å²) >= 11 is 2.10. The van der Waals surface area contributed by atoms with E-state index in [4.69, 9.17) is 0 Å². The van der Waals surface area contributed by atoms with Gasteiger partial charge in [0.15, 0.2) is 0 Å². The average Bonchev–Trinajstić information content (AvgIpc) is 2.88. The monoisotopic (exact) mass is 251 g/mol. The Bertz CT molecular complexity index is 401. The molecule has 1 saturated heterocycles. The number of hydrogen-bond acceptors (Lipinski definition) is 3. The second-order valence-electron chi connectivity index (χ2n) is 5.36. The predicted molar refractivity (Wildman–Crippen MR) is 72.3 cm³/mol. The Morgan fingerprint density at radius 3 is 3.18 bits per heavy atom. The summed E-state index contributed by atoms with van der Waals surface area (Å²) in [5.74, 6) is 1.27. The fraction of sp³-hybridized carbons (Fsp3) is 0.769. The molecule has 0 aromatic carbocycles. The molecule has 0 saturated carbocycles. The molecule has 4 heteroatoms. The minimum absolute atomic E-state index is 0.545. The van der Waals surface area contributed by atoms with E-state index in [9.17, 15) is 0 Å². The summed E-state index contributed by atoms with van der Waals surface area (Å²) in [6.07, 6.45) is 7.14. The molecule has 2 heterocycles. The Labute approximate surface area is 107 Å². The van der Waals surface area contributed by atoms with Crippen molar-refractivity contribution >= 4 is 11.8 Å². The van der Waals surface area contributed by atoms with Crippen molar-refractivity contribution in [3.05, 3.63) is 17.5 Å². The van der Waals surface area contributed by atoms with Crippen LogP contribution in [-0.4, -0.2) is 26.8 Å². The van der Waals surface area contributed by atoms with Crippen LogP contribution in [0.5, 0.6) is 0 Å². The molecule has 1 aliphatic carbocycles. The molecule has 1 aliphatic heterocycles. The van der Waals surface area contributed by atoms with Gasteiger partial charge in [-0.05, 0) is 25.7 Å². The number of rotatable bonds is 2. The van der Waals surface area contributed by atoms with Crippen molar-refractivity contribution < 1.29 is 0 Å². The fourth-order valence-corrected chi connectivity index (χ4v) is 4.26. The first-order valence-corrected chi connectivity index (χ1v) is 7.67. The van der Waals surface area contributed by atoms with E-state index in [0.717, 1.165) is 5.25 Å². The number of fused-ring (bicyclic) bond motifs is 1. The van der Waals surface area contributed by atoms with Crippen LogP contribution >= 0.6 is 11.8 Å². The first-order valence-electron chi connectivity index (χ1n) is 6.62. The van der Waals surface area contributed by atoms with Crippen LogP contribution in [0.3, 0.4) is 0 Å². The zero-order valence-corrected chi connectivity index (χ0v) is 11.5. The lowest BCUT2D eigenvalue weighted by Gasteiger charge is -2.26. The van der Waals surface area contributed by atoms with Crippen LogP contribution in [0.2, 0.25) is 0 Å². The third-order valence-electron chi connectivity index (χ3n) is 4.01. The highest BCUT2D eigenvalue weighted by Gasteiger charge is 2.28. The summed E-state index contributed by atoms with van der Waals surface area (Å²) < 4.78 is 2.05. The van der Waals surface area contributed by atoms with E-state index in [1.54, 1.807) is 0 Å². The maximum absolute atomic E-state index is 4.41. The molecule has 17 heavy (non-hydrogen) atoms. The highest BCUT2D eigenvalue weighted by atomic mass is 32.2. The molecule has 2 aliphatic rings. The van der Waals surface area contributed by atoms with Crippen LogP contribution in [0.25, 0.3) is 0 Å². The molecule has 94 valence electrons. The number of hydrogen-bond donors (Lipinski definition) is 1. The van der Waals surface area contributed by atoms with E-state index in [0.29, 0.717) is 12.1 Å². The van der Waals surface area contributed by atoms with Gasteiger partial charge in [-0.15, -0.1) is 0 Å². The van der Waals surface area contributed by atoms with E-state index in [1.807, 2.05) is 0 Å². The first kappa shape index (κ1) is 11.6. The normalized spacial score (nSPS) is 32.7. The summed E-state index contributed by atoms with van der Waals surface area (Å²) in [6, 6.07) is 1.24. The van der Waals surface area contributed by atoms with E-state index in [-0.39, 0.29) is 0 Å². The summed E-state index contributed by atoms with van der Waals surface area (Å²) in [6.45, 7) is 2.34. The molecule has 1 aromatic rings. The molecule has 3 rings (SSSR count). The lowest BCUT2D eigenvalue weighted by atomic mass is 9.92. The summed E-state index contributed by atoms with van der Waals surface area (Å²) in [5.41, 5.74) is 2.88. The largest absolute Gasteiger partial charge is 0.306 e. The van der Waals surface area contributed by atoms with Gasteiger partial charge in [-0.3, -0.25) is 4.68 Å². The molecular weight excluding hydrogens is 230 g/mol. The Balaban J connectivity index is 1.72. The van der Waals surface area contributed by atoms with Crippen molar-refractivity contribution in [2.45, 2.75) is 49.9 Å². The highest BCUT2D eigenvalue weighted by Crippen LogP contribution is 2.33. The van der Waals surface area contributed by atoms with Crippen LogP contribution in [0.15, 0.2) is 6.20 Å². The van der Waals surface area contributed by atoms with E-state index < -0.39 is 0 Å². The van der Waals surface area contributed by atoms with Gasteiger partial charge in [0.25, 0.3) is 0 Å². The Kier molecular flexibility index (Phi) is 3.17. The predicted octanol–water partition coefficient (Wildman–Crippen LogP) is 2.28. The van der Waals surface area contributed by atoms with Crippen molar-refractivity contribution in [1.82, 2.24) is 15.1 Å². The number of nitrogens with one attached hydrogen (secondary N) is 1. The van der Waals surface area contributed by atoms with Crippen LogP contribution < -0.4 is 5.32 Å². The van der Waals surface area contributed by atoms with Gasteiger partial charge < -0.3 is 5.32 Å². The molecule has 3 unspecified atom stereocenters. The quantitative estimate of drug-likeness (QED) is 0.874. The zero-order valence-electron chi connectivity index (χ0n) is 10.6. The van der Waals surface area contributed by atoms with Crippen LogP contribution in [0.4, 0.5) is 0 Å². The van der Waals surface area contributed by atoms with Crippen molar-refractivity contribution in [3.8, 4) is 0 Å². The lowest BCUT2D eigenvalue weighted by molar-refractivity contribution is 0.402. The molecule has 0 amide bonds. The number of thioether (sulfide) groups is 1. The summed E-state index contributed by atoms with van der Waals surface area (Å²) in [7, 11) is 2.06. The second kappa shape index (κ2) is 4.65. The van der Waals surface area contributed by atoms with E-state index in [2.05, 4.69) is 47.0 Å². The maximum Gasteiger partial charge on any atom is 0.0540 e. The van der Waals surface area contributed by atoms with Crippen molar-refractivity contribution in [3.63, 3.8) is 0 Å². The fourth-order valence-electron chi connectivity index (χ4n) is 3.10. The zero-order chi connectivity index (χ0) is 11.8. The Morgan fingerprint density at radius 2 is 2.41 bits per heavy atom. The van der Waals surface area contributed by atoms with Crippen molar-refractivity contribution in [2.24, 2.45) is 7.05 Å². The Hall–Kier alpha value is -0.480. The van der Waals surface area contributed by atoms with Gasteiger partial charge in [0.05, 0.1) is 6.20 Å². The summed E-state index contributed by atoms with van der Waals surface area (Å²) in [5, 5.41) is 9.08. The number of aromatic nitrogens is 2. The molecule has 1 aromatic heterocycles. The van der Waals surface area contributed by atoms with Crippen molar-refractivity contribution in [1.29, 1.82) is 0 Å². The van der Waals surface area contributed by atoms with Gasteiger partial charge in [0, 0.05) is 41.4 Å². The Morgan fingerprint density at radius 1 is 1.53 bits per heavy atom. The third-order valence-corrected chi connectivity index (χ3v) is 5.37. The molecule has 3 nitrogen and oxygen atoms in total. The van der Waals surface area contributed by atoms with Crippen LogP contribution in [0.1, 0.15) is 43.5 Å². The first-order chi connectivity index (χ1) is 8.24. The molecule has 0 spiro atoms. The molecule has 0 bridgehead atoms. The van der Waals surface area contributed by atoms with Gasteiger partial charge in [-0.1, -0.05) is 6.92 Å². The van der Waals surface area contributed by atoms with E-state index >= 15 is 0 Å². The lowest BCUT2D eigenvalue weighted by Crippen LogP contribution is -2.34. The van der Waals surface area contributed by atoms with Gasteiger partial charge in [-0.25, -0.2) is 0 Å². The summed E-state index contributed by atoms with van der Waals surface area (Å²) in [4.78, 5) is 0. The van der Waals surface area contributed by atoms with E-state index in [1.165, 1.54) is 42.7 Å². The van der Waals surface area contributed by atoms with Gasteiger partial charge in [0.2, 0.25) is 0 Å². The SMILES string of the molecule is CC1CC(NC2CCCc3c2cnn3C)CS1. The smallest absolute Gasteiger partial charge is 0.0540 e. The maximum atomic E-state index is 4.41. The van der Waals surface area contributed by atoms with Gasteiger partial charge >= 0.3 is 0 Å². The number of aryl methyl sites for hydroxylation is 1. The molecule has 1 N–H and O–H groups in total. The molecular formula is C13H21N3S. The topological polar surface area (TPSA) is 29.9 Å². The minimum atomic E-state index is 0.545. The molecule has 3 atom stereocenters. The second-order valence-corrected chi connectivity index (χ2v) is 6.83. The van der Waals surface area contributed by atoms with Gasteiger partial charge in [0.1, 0.15) is 0 Å². The molecule has 0 radical (unpaired) electrons. The van der Waals surface area contributed by atoms with Crippen molar-refractivity contribution in [2.75, 3.05) is 5.75 Å². The van der Waals surface area contributed by atoms with Crippen LogP contribution in [0, 0.1) is 0 Å². The molecule has 1 fully saturated rings. The third kappa shape index (κ3) is 2.25.